The molecule has 1 N–H and O–H groups in total. The molecule has 0 radical (unpaired) electrons. The molecule has 1 aliphatic rings. The van der Waals surface area contributed by atoms with E-state index >= 15 is 0 Å². The van der Waals surface area contributed by atoms with Crippen LogP contribution in [-0.4, -0.2) is 23.8 Å². The normalized spacial score (nSPS) is 25.5. The highest BCUT2D eigenvalue weighted by Crippen LogP contribution is 2.21. The van der Waals surface area contributed by atoms with Crippen molar-refractivity contribution in [2.45, 2.75) is 26.4 Å². The van der Waals surface area contributed by atoms with E-state index in [1.165, 1.54) is 0 Å². The van der Waals surface area contributed by atoms with Crippen LogP contribution < -0.4 is 0 Å². The Morgan fingerprint density at radius 3 is 2.36 bits per heavy atom. The summed E-state index contributed by atoms with van der Waals surface area (Å²) in [5.74, 6) is -0.849. The van der Waals surface area contributed by atoms with Crippen molar-refractivity contribution in [3.63, 3.8) is 0 Å². The van der Waals surface area contributed by atoms with Crippen molar-refractivity contribution < 1.29 is 14.6 Å². The Morgan fingerprint density at radius 2 is 2.09 bits per heavy atom. The van der Waals surface area contributed by atoms with Gasteiger partial charge in [0, 0.05) is 12.0 Å². The number of hydrogen-bond acceptors (Lipinski definition) is 2. The zero-order valence-electron chi connectivity index (χ0n) is 6.76. The van der Waals surface area contributed by atoms with E-state index in [0.29, 0.717) is 5.57 Å². The molecule has 0 aromatic carbocycles. The van der Waals surface area contributed by atoms with Crippen LogP contribution in [0.4, 0.5) is 0 Å². The van der Waals surface area contributed by atoms with Crippen LogP contribution in [0.15, 0.2) is 11.1 Å². The number of rotatable bonds is 2. The van der Waals surface area contributed by atoms with Crippen LogP contribution in [0.1, 0.15) is 20.3 Å². The molecule has 62 valence electrons. The standard InChI is InChI=1S/C8H12O3/c1-5(6(2)8(9)10)7-3-4-11-7/h7H,3-4H2,1-2H3,(H,9,10)/b6-5+. The van der Waals surface area contributed by atoms with E-state index in [2.05, 4.69) is 0 Å². The second-order valence-corrected chi connectivity index (χ2v) is 2.76. The summed E-state index contributed by atoms with van der Waals surface area (Å²) in [4.78, 5) is 10.5. The summed E-state index contributed by atoms with van der Waals surface area (Å²) >= 11 is 0. The SMILES string of the molecule is C/C(C(=O)O)=C(/C)C1CCO1. The van der Waals surface area contributed by atoms with E-state index in [1.54, 1.807) is 6.92 Å². The maximum Gasteiger partial charge on any atom is 0.331 e. The number of hydrogen-bond donors (Lipinski definition) is 1. The highest BCUT2D eigenvalue weighted by molar-refractivity contribution is 5.86. The fraction of sp³-hybridized carbons (Fsp3) is 0.625. The third-order valence-electron chi connectivity index (χ3n) is 2.09. The first kappa shape index (κ1) is 8.27. The molecular formula is C8H12O3. The zero-order chi connectivity index (χ0) is 8.43. The lowest BCUT2D eigenvalue weighted by molar-refractivity contribution is -0.132. The second kappa shape index (κ2) is 3.05. The molecule has 0 saturated carbocycles. The summed E-state index contributed by atoms with van der Waals surface area (Å²) < 4.78 is 5.14. The molecule has 1 atom stereocenters. The van der Waals surface area contributed by atoms with Crippen LogP contribution in [0.5, 0.6) is 0 Å². The lowest BCUT2D eigenvalue weighted by atomic mass is 10.0. The van der Waals surface area contributed by atoms with Crippen LogP contribution in [0.2, 0.25) is 0 Å². The Balaban J connectivity index is 2.68. The summed E-state index contributed by atoms with van der Waals surface area (Å²) in [6.07, 6.45) is 1.02. The number of carboxylic acids is 1. The molecule has 1 unspecified atom stereocenters. The Morgan fingerprint density at radius 1 is 1.55 bits per heavy atom. The van der Waals surface area contributed by atoms with Gasteiger partial charge in [-0.25, -0.2) is 4.79 Å². The first-order valence-electron chi connectivity index (χ1n) is 3.65. The van der Waals surface area contributed by atoms with Gasteiger partial charge >= 0.3 is 5.97 Å². The molecule has 1 fully saturated rings. The van der Waals surface area contributed by atoms with Crippen LogP contribution in [-0.2, 0) is 9.53 Å². The Hall–Kier alpha value is -0.830. The van der Waals surface area contributed by atoms with E-state index in [4.69, 9.17) is 9.84 Å². The molecule has 0 aromatic rings. The summed E-state index contributed by atoms with van der Waals surface area (Å²) in [7, 11) is 0. The molecule has 3 heteroatoms. The van der Waals surface area contributed by atoms with Crippen molar-refractivity contribution >= 4 is 5.97 Å². The largest absolute Gasteiger partial charge is 0.478 e. The average molecular weight is 156 g/mol. The smallest absolute Gasteiger partial charge is 0.331 e. The predicted molar refractivity (Wildman–Crippen MR) is 40.4 cm³/mol. The predicted octanol–water partition coefficient (Wildman–Crippen LogP) is 1.20. The third-order valence-corrected chi connectivity index (χ3v) is 2.09. The first-order chi connectivity index (χ1) is 5.13. The van der Waals surface area contributed by atoms with E-state index < -0.39 is 5.97 Å². The van der Waals surface area contributed by atoms with Crippen LogP contribution in [0.3, 0.4) is 0 Å². The van der Waals surface area contributed by atoms with Crippen LogP contribution in [0.25, 0.3) is 0 Å². The molecule has 0 bridgehead atoms. The quantitative estimate of drug-likeness (QED) is 0.611. The number of ether oxygens (including phenoxy) is 1. The van der Waals surface area contributed by atoms with Gasteiger partial charge in [0.1, 0.15) is 0 Å². The highest BCUT2D eigenvalue weighted by Gasteiger charge is 2.22. The van der Waals surface area contributed by atoms with Crippen LogP contribution in [0, 0.1) is 0 Å². The minimum atomic E-state index is -0.849. The van der Waals surface area contributed by atoms with E-state index in [-0.39, 0.29) is 6.10 Å². The minimum Gasteiger partial charge on any atom is -0.478 e. The van der Waals surface area contributed by atoms with Crippen molar-refractivity contribution in [1.82, 2.24) is 0 Å². The van der Waals surface area contributed by atoms with Gasteiger partial charge in [-0.3, -0.25) is 0 Å². The van der Waals surface area contributed by atoms with E-state index in [1.807, 2.05) is 6.92 Å². The van der Waals surface area contributed by atoms with Gasteiger partial charge in [0.15, 0.2) is 0 Å². The molecule has 3 nitrogen and oxygen atoms in total. The summed E-state index contributed by atoms with van der Waals surface area (Å²) in [6, 6.07) is 0. The van der Waals surface area contributed by atoms with Crippen molar-refractivity contribution in [3.8, 4) is 0 Å². The number of aliphatic carboxylic acids is 1. The Labute approximate surface area is 65.7 Å². The Kier molecular flexibility index (Phi) is 2.29. The topological polar surface area (TPSA) is 46.5 Å². The van der Waals surface area contributed by atoms with Gasteiger partial charge in [0.25, 0.3) is 0 Å². The number of carbonyl (C=O) groups is 1. The van der Waals surface area contributed by atoms with Crippen molar-refractivity contribution in [1.29, 1.82) is 0 Å². The number of carboxylic acid groups (broad SMARTS) is 1. The summed E-state index contributed by atoms with van der Waals surface area (Å²) in [6.45, 7) is 4.18. The van der Waals surface area contributed by atoms with Gasteiger partial charge in [-0.1, -0.05) is 0 Å². The molecule has 0 spiro atoms. The maximum atomic E-state index is 10.5. The maximum absolute atomic E-state index is 10.5. The van der Waals surface area contributed by atoms with Gasteiger partial charge in [0.2, 0.25) is 0 Å². The highest BCUT2D eigenvalue weighted by atomic mass is 16.5. The van der Waals surface area contributed by atoms with Gasteiger partial charge in [0.05, 0.1) is 12.7 Å². The van der Waals surface area contributed by atoms with E-state index in [0.717, 1.165) is 18.6 Å². The third kappa shape index (κ3) is 1.60. The lowest BCUT2D eigenvalue weighted by Crippen LogP contribution is -2.29. The van der Waals surface area contributed by atoms with Crippen molar-refractivity contribution in [2.24, 2.45) is 0 Å². The Bertz CT molecular complexity index is 201. The molecule has 1 rings (SSSR count). The monoisotopic (exact) mass is 156 g/mol. The molecule has 1 aliphatic heterocycles. The molecule has 11 heavy (non-hydrogen) atoms. The van der Waals surface area contributed by atoms with Crippen LogP contribution >= 0.6 is 0 Å². The molecule has 1 heterocycles. The summed E-state index contributed by atoms with van der Waals surface area (Å²) in [5, 5.41) is 8.61. The second-order valence-electron chi connectivity index (χ2n) is 2.76. The zero-order valence-corrected chi connectivity index (χ0v) is 6.76. The van der Waals surface area contributed by atoms with Crippen molar-refractivity contribution in [3.05, 3.63) is 11.1 Å². The lowest BCUT2D eigenvalue weighted by Gasteiger charge is -2.27. The fourth-order valence-electron chi connectivity index (χ4n) is 0.987. The fourth-order valence-corrected chi connectivity index (χ4v) is 0.987. The van der Waals surface area contributed by atoms with Crippen molar-refractivity contribution in [2.75, 3.05) is 6.61 Å². The van der Waals surface area contributed by atoms with Gasteiger partial charge in [-0.2, -0.15) is 0 Å². The molecular weight excluding hydrogens is 144 g/mol. The van der Waals surface area contributed by atoms with Gasteiger partial charge in [-0.15, -0.1) is 0 Å². The molecule has 0 amide bonds. The van der Waals surface area contributed by atoms with Gasteiger partial charge in [-0.05, 0) is 19.4 Å². The molecule has 0 aromatic heterocycles. The summed E-state index contributed by atoms with van der Waals surface area (Å²) in [5.41, 5.74) is 1.26. The van der Waals surface area contributed by atoms with Gasteiger partial charge < -0.3 is 9.84 Å². The molecule has 1 saturated heterocycles. The minimum absolute atomic E-state index is 0.0612. The average Bonchev–Trinajstić information content (AvgIpc) is 1.82. The first-order valence-corrected chi connectivity index (χ1v) is 3.65. The van der Waals surface area contributed by atoms with E-state index in [9.17, 15) is 4.79 Å². The molecule has 0 aliphatic carbocycles.